The lowest BCUT2D eigenvalue weighted by atomic mass is 10.2. The molecule has 2 N–H and O–H groups in total. The van der Waals surface area contributed by atoms with E-state index in [2.05, 4.69) is 0 Å². The third-order valence-electron chi connectivity index (χ3n) is 2.93. The number of hydrogen-bond donors (Lipinski definition) is 1. The van der Waals surface area contributed by atoms with Crippen LogP contribution in [-0.2, 0) is 0 Å². The van der Waals surface area contributed by atoms with Gasteiger partial charge in [0.25, 0.3) is 5.91 Å². The van der Waals surface area contributed by atoms with E-state index < -0.39 is 0 Å². The predicted octanol–water partition coefficient (Wildman–Crippen LogP) is 1.68. The standard InChI is InChI=1S/C13H18N2O2.ClH/c1-2-17-12-6-4-3-5-11(12)13(16)15-8-7-10(14)9-15;/h3-6,10H,2,7-9,14H2,1H3;1H/t10-;/m1./s1. The van der Waals surface area contributed by atoms with E-state index in [1.54, 1.807) is 11.0 Å². The number of likely N-dealkylation sites (tertiary alicyclic amines) is 1. The summed E-state index contributed by atoms with van der Waals surface area (Å²) in [6, 6.07) is 7.46. The Hall–Kier alpha value is -1.26. The maximum Gasteiger partial charge on any atom is 0.257 e. The summed E-state index contributed by atoms with van der Waals surface area (Å²) < 4.78 is 5.47. The van der Waals surface area contributed by atoms with E-state index in [0.29, 0.717) is 24.5 Å². The molecule has 1 aliphatic heterocycles. The molecule has 0 aliphatic carbocycles. The van der Waals surface area contributed by atoms with E-state index in [1.807, 2.05) is 25.1 Å². The highest BCUT2D eigenvalue weighted by atomic mass is 35.5. The molecular weight excluding hydrogens is 252 g/mol. The molecule has 0 saturated carbocycles. The van der Waals surface area contributed by atoms with Crippen molar-refractivity contribution >= 4 is 18.3 Å². The summed E-state index contributed by atoms with van der Waals surface area (Å²) >= 11 is 0. The minimum atomic E-state index is 0. The molecule has 5 heteroatoms. The highest BCUT2D eigenvalue weighted by Crippen LogP contribution is 2.21. The van der Waals surface area contributed by atoms with Crippen LogP contribution in [0.1, 0.15) is 23.7 Å². The minimum absolute atomic E-state index is 0. The van der Waals surface area contributed by atoms with E-state index in [1.165, 1.54) is 0 Å². The Bertz CT molecular complexity index is 412. The number of carbonyl (C=O) groups is 1. The van der Waals surface area contributed by atoms with Gasteiger partial charge in [-0.15, -0.1) is 12.4 Å². The highest BCUT2D eigenvalue weighted by molar-refractivity contribution is 5.97. The summed E-state index contributed by atoms with van der Waals surface area (Å²) in [6.07, 6.45) is 0.878. The second-order valence-corrected chi connectivity index (χ2v) is 4.23. The molecule has 0 radical (unpaired) electrons. The van der Waals surface area contributed by atoms with Gasteiger partial charge in [0.2, 0.25) is 0 Å². The summed E-state index contributed by atoms with van der Waals surface area (Å²) in [7, 11) is 0. The van der Waals surface area contributed by atoms with Gasteiger partial charge in [0.1, 0.15) is 5.75 Å². The second kappa shape index (κ2) is 6.61. The van der Waals surface area contributed by atoms with Gasteiger partial charge in [0.05, 0.1) is 12.2 Å². The van der Waals surface area contributed by atoms with Crippen molar-refractivity contribution in [1.82, 2.24) is 4.90 Å². The SMILES string of the molecule is CCOc1ccccc1C(=O)N1CC[C@@H](N)C1.Cl. The monoisotopic (exact) mass is 270 g/mol. The molecule has 0 unspecified atom stereocenters. The smallest absolute Gasteiger partial charge is 0.257 e. The van der Waals surface area contributed by atoms with Gasteiger partial charge in [0.15, 0.2) is 0 Å². The molecule has 1 heterocycles. The summed E-state index contributed by atoms with van der Waals surface area (Å²) in [4.78, 5) is 14.1. The number of amides is 1. The third kappa shape index (κ3) is 3.15. The quantitative estimate of drug-likeness (QED) is 0.909. The van der Waals surface area contributed by atoms with Crippen LogP contribution in [0.4, 0.5) is 0 Å². The van der Waals surface area contributed by atoms with Crippen LogP contribution in [0, 0.1) is 0 Å². The molecule has 18 heavy (non-hydrogen) atoms. The van der Waals surface area contributed by atoms with Crippen molar-refractivity contribution in [2.45, 2.75) is 19.4 Å². The van der Waals surface area contributed by atoms with Gasteiger partial charge in [-0.25, -0.2) is 0 Å². The van der Waals surface area contributed by atoms with Crippen molar-refractivity contribution in [3.63, 3.8) is 0 Å². The topological polar surface area (TPSA) is 55.6 Å². The van der Waals surface area contributed by atoms with Gasteiger partial charge in [-0.2, -0.15) is 0 Å². The molecule has 1 saturated heterocycles. The lowest BCUT2D eigenvalue weighted by molar-refractivity contribution is 0.0786. The number of para-hydroxylation sites is 1. The molecule has 0 bridgehead atoms. The molecule has 2 rings (SSSR count). The maximum absolute atomic E-state index is 12.3. The molecule has 1 amide bonds. The first kappa shape index (κ1) is 14.8. The van der Waals surface area contributed by atoms with Crippen LogP contribution in [0.3, 0.4) is 0 Å². The summed E-state index contributed by atoms with van der Waals surface area (Å²) in [5.41, 5.74) is 6.44. The Balaban J connectivity index is 0.00000162. The van der Waals surface area contributed by atoms with Crippen molar-refractivity contribution in [2.75, 3.05) is 19.7 Å². The van der Waals surface area contributed by atoms with Crippen LogP contribution < -0.4 is 10.5 Å². The van der Waals surface area contributed by atoms with Crippen LogP contribution >= 0.6 is 12.4 Å². The van der Waals surface area contributed by atoms with Gasteiger partial charge in [-0.3, -0.25) is 4.79 Å². The molecule has 100 valence electrons. The van der Waals surface area contributed by atoms with Gasteiger partial charge in [0, 0.05) is 19.1 Å². The lowest BCUT2D eigenvalue weighted by Crippen LogP contribution is -2.32. The summed E-state index contributed by atoms with van der Waals surface area (Å²) in [6.45, 7) is 3.84. The van der Waals surface area contributed by atoms with E-state index in [0.717, 1.165) is 13.0 Å². The number of hydrogen-bond acceptors (Lipinski definition) is 3. The number of rotatable bonds is 3. The molecule has 1 aliphatic rings. The summed E-state index contributed by atoms with van der Waals surface area (Å²) in [5.74, 6) is 0.669. The van der Waals surface area contributed by atoms with Crippen molar-refractivity contribution in [2.24, 2.45) is 5.73 Å². The van der Waals surface area contributed by atoms with Crippen LogP contribution in [-0.4, -0.2) is 36.5 Å². The molecular formula is C13H19ClN2O2. The lowest BCUT2D eigenvalue weighted by Gasteiger charge is -2.17. The van der Waals surface area contributed by atoms with Crippen molar-refractivity contribution in [3.8, 4) is 5.75 Å². The summed E-state index contributed by atoms with van der Waals surface area (Å²) in [5, 5.41) is 0. The first-order valence-electron chi connectivity index (χ1n) is 5.99. The molecule has 1 atom stereocenters. The van der Waals surface area contributed by atoms with Crippen LogP contribution in [0.5, 0.6) is 5.75 Å². The molecule has 1 aromatic rings. The van der Waals surface area contributed by atoms with Gasteiger partial charge < -0.3 is 15.4 Å². The van der Waals surface area contributed by atoms with Crippen LogP contribution in [0.15, 0.2) is 24.3 Å². The zero-order chi connectivity index (χ0) is 12.3. The fourth-order valence-electron chi connectivity index (χ4n) is 2.07. The average Bonchev–Trinajstić information content (AvgIpc) is 2.76. The highest BCUT2D eigenvalue weighted by Gasteiger charge is 2.26. The number of nitrogens with two attached hydrogens (primary N) is 1. The van der Waals surface area contributed by atoms with Crippen LogP contribution in [0.25, 0.3) is 0 Å². The fraction of sp³-hybridized carbons (Fsp3) is 0.462. The van der Waals surface area contributed by atoms with Crippen molar-refractivity contribution < 1.29 is 9.53 Å². The van der Waals surface area contributed by atoms with Crippen molar-refractivity contribution in [1.29, 1.82) is 0 Å². The minimum Gasteiger partial charge on any atom is -0.493 e. The Morgan fingerprint density at radius 2 is 2.22 bits per heavy atom. The Labute approximate surface area is 114 Å². The number of halogens is 1. The molecule has 0 aromatic heterocycles. The van der Waals surface area contributed by atoms with Gasteiger partial charge in [-0.1, -0.05) is 12.1 Å². The second-order valence-electron chi connectivity index (χ2n) is 4.23. The number of ether oxygens (including phenoxy) is 1. The number of nitrogens with zero attached hydrogens (tertiary/aromatic N) is 1. The Morgan fingerprint density at radius 3 is 2.83 bits per heavy atom. The maximum atomic E-state index is 12.3. The van der Waals surface area contributed by atoms with E-state index in [-0.39, 0.29) is 24.4 Å². The fourth-order valence-corrected chi connectivity index (χ4v) is 2.07. The van der Waals surface area contributed by atoms with E-state index in [9.17, 15) is 4.79 Å². The van der Waals surface area contributed by atoms with E-state index >= 15 is 0 Å². The largest absolute Gasteiger partial charge is 0.493 e. The number of carbonyl (C=O) groups excluding carboxylic acids is 1. The first-order valence-corrected chi connectivity index (χ1v) is 5.99. The zero-order valence-electron chi connectivity index (χ0n) is 10.5. The van der Waals surface area contributed by atoms with Crippen LogP contribution in [0.2, 0.25) is 0 Å². The van der Waals surface area contributed by atoms with Gasteiger partial charge >= 0.3 is 0 Å². The average molecular weight is 271 g/mol. The Kier molecular flexibility index (Phi) is 5.44. The Morgan fingerprint density at radius 1 is 1.50 bits per heavy atom. The predicted molar refractivity (Wildman–Crippen MR) is 73.4 cm³/mol. The number of benzene rings is 1. The first-order chi connectivity index (χ1) is 8.22. The molecule has 1 fully saturated rings. The van der Waals surface area contributed by atoms with E-state index in [4.69, 9.17) is 10.5 Å². The molecule has 0 spiro atoms. The normalized spacial score (nSPS) is 18.3. The van der Waals surface area contributed by atoms with Gasteiger partial charge in [-0.05, 0) is 25.5 Å². The third-order valence-corrected chi connectivity index (χ3v) is 2.93. The molecule has 1 aromatic carbocycles. The van der Waals surface area contributed by atoms with Crippen molar-refractivity contribution in [3.05, 3.63) is 29.8 Å². The zero-order valence-corrected chi connectivity index (χ0v) is 11.3. The molecule has 4 nitrogen and oxygen atoms in total.